The van der Waals surface area contributed by atoms with Gasteiger partial charge >= 0.3 is 5.97 Å². The quantitative estimate of drug-likeness (QED) is 0.210. The highest BCUT2D eigenvalue weighted by Crippen LogP contribution is 2.31. The second kappa shape index (κ2) is 13.9. The molecule has 0 saturated heterocycles. The van der Waals surface area contributed by atoms with Gasteiger partial charge in [-0.15, -0.1) is 11.3 Å². The number of hydrogen-bond donors (Lipinski definition) is 4. The van der Waals surface area contributed by atoms with Crippen LogP contribution >= 0.6 is 11.3 Å². The summed E-state index contributed by atoms with van der Waals surface area (Å²) in [6.07, 6.45) is 5.44. The average Bonchev–Trinajstić information content (AvgIpc) is 3.17. The molecule has 0 fully saturated rings. The van der Waals surface area contributed by atoms with E-state index >= 15 is 0 Å². The maximum absolute atomic E-state index is 12.8. The highest BCUT2D eigenvalue weighted by molar-refractivity contribution is 7.09. The number of nitrogens with zero attached hydrogens (tertiary/aromatic N) is 1. The molecule has 0 radical (unpaired) electrons. The Hall–Kier alpha value is -1.87. The zero-order valence-electron chi connectivity index (χ0n) is 21.2. The van der Waals surface area contributed by atoms with Gasteiger partial charge in [-0.2, -0.15) is 0 Å². The molecule has 34 heavy (non-hydrogen) atoms. The van der Waals surface area contributed by atoms with Gasteiger partial charge in [0.25, 0.3) is 0 Å². The third-order valence-electron chi connectivity index (χ3n) is 6.44. The second-order valence-electron chi connectivity index (χ2n) is 9.79. The minimum absolute atomic E-state index is 0.128. The number of unbranched alkanes of at least 4 members (excludes halogenated alkanes) is 1. The minimum Gasteiger partial charge on any atom is -0.481 e. The molecule has 4 N–H and O–H groups in total. The van der Waals surface area contributed by atoms with E-state index in [0.717, 1.165) is 29.1 Å². The van der Waals surface area contributed by atoms with Crippen LogP contribution in [0.15, 0.2) is 23.1 Å². The van der Waals surface area contributed by atoms with Crippen molar-refractivity contribution >= 4 is 29.2 Å². The first-order valence-electron chi connectivity index (χ1n) is 11.8. The van der Waals surface area contributed by atoms with E-state index < -0.39 is 42.0 Å². The monoisotopic (exact) mass is 495 g/mol. The zero-order valence-corrected chi connectivity index (χ0v) is 22.0. The van der Waals surface area contributed by atoms with Gasteiger partial charge in [0.1, 0.15) is 5.78 Å². The van der Waals surface area contributed by atoms with Crippen LogP contribution in [0.25, 0.3) is 6.08 Å². The Labute approximate surface area is 207 Å². The first-order valence-corrected chi connectivity index (χ1v) is 12.7. The van der Waals surface area contributed by atoms with Gasteiger partial charge in [-0.1, -0.05) is 39.8 Å². The van der Waals surface area contributed by atoms with Crippen LogP contribution in [0.1, 0.15) is 77.4 Å². The third-order valence-corrected chi connectivity index (χ3v) is 7.23. The van der Waals surface area contributed by atoms with Gasteiger partial charge in [0, 0.05) is 11.3 Å². The highest BCUT2D eigenvalue weighted by Gasteiger charge is 2.41. The number of aliphatic hydroxyl groups is 3. The fourth-order valence-electron chi connectivity index (χ4n) is 3.85. The van der Waals surface area contributed by atoms with Crippen molar-refractivity contribution in [2.45, 2.75) is 92.0 Å². The van der Waals surface area contributed by atoms with Crippen LogP contribution in [-0.4, -0.2) is 55.5 Å². The van der Waals surface area contributed by atoms with E-state index in [0.29, 0.717) is 12.8 Å². The Morgan fingerprint density at radius 2 is 1.82 bits per heavy atom. The van der Waals surface area contributed by atoms with Crippen molar-refractivity contribution in [3.63, 3.8) is 0 Å². The van der Waals surface area contributed by atoms with Crippen molar-refractivity contribution in [2.75, 3.05) is 0 Å². The topological polar surface area (TPSA) is 128 Å². The van der Waals surface area contributed by atoms with Crippen LogP contribution in [0.2, 0.25) is 0 Å². The van der Waals surface area contributed by atoms with Crippen molar-refractivity contribution in [1.29, 1.82) is 0 Å². The number of carbonyl (C=O) groups excluding carboxylic acids is 1. The molecule has 1 aromatic rings. The number of hydrogen-bond acceptors (Lipinski definition) is 7. The predicted octanol–water partition coefficient (Wildman–Crippen LogP) is 4.40. The first-order chi connectivity index (χ1) is 15.8. The number of aryl methyl sites for hydroxylation is 1. The number of aliphatic carboxylic acids is 1. The molecule has 0 saturated carbocycles. The standard InChI is InChI=1S/C26H41NO6S/c1-16(24(32)18(3)25(33)26(5,6)22(29)14-23(30)31)11-9-7-8-10-12-21(28)17(2)13-20-15-34-19(4)27-20/h8,10,13,15-16,18,21-22,24,28-29,32H,7,9,11-12,14H2,1-6H3,(H,30,31)/b10-8-,17-13+/t16-,18+,21?,22-,24-/m0/s1. The average molecular weight is 496 g/mol. The molecular weight excluding hydrogens is 454 g/mol. The maximum atomic E-state index is 12.8. The lowest BCUT2D eigenvalue weighted by Crippen LogP contribution is -2.45. The van der Waals surface area contributed by atoms with Crippen LogP contribution < -0.4 is 0 Å². The lowest BCUT2D eigenvalue weighted by atomic mass is 9.73. The molecule has 0 aliphatic carbocycles. The molecule has 7 nitrogen and oxygen atoms in total. The van der Waals surface area contributed by atoms with Crippen molar-refractivity contribution in [3.05, 3.63) is 33.8 Å². The van der Waals surface area contributed by atoms with Crippen molar-refractivity contribution in [1.82, 2.24) is 4.98 Å². The Bertz CT molecular complexity index is 859. The van der Waals surface area contributed by atoms with Crippen LogP contribution in [0, 0.1) is 24.2 Å². The SMILES string of the molecule is C/C(=C\c1csc(C)n1)C(O)C/C=C\CCC[C@H](C)[C@H](O)[C@@H](C)C(=O)C(C)(C)[C@@H](O)CC(=O)O. The molecule has 1 aromatic heterocycles. The summed E-state index contributed by atoms with van der Waals surface area (Å²) in [5.74, 6) is -2.35. The Kier molecular flexibility index (Phi) is 12.3. The summed E-state index contributed by atoms with van der Waals surface area (Å²) < 4.78 is 0. The number of Topliss-reactive ketones (excluding diaryl/α,β-unsaturated/α-hetero) is 1. The van der Waals surface area contributed by atoms with E-state index in [-0.39, 0.29) is 11.7 Å². The number of aliphatic hydroxyl groups excluding tert-OH is 3. The molecule has 8 heteroatoms. The normalized spacial score (nSPS) is 17.4. The smallest absolute Gasteiger partial charge is 0.306 e. The number of ketones is 1. The fourth-order valence-corrected chi connectivity index (χ4v) is 4.42. The van der Waals surface area contributed by atoms with Crippen molar-refractivity contribution < 1.29 is 30.0 Å². The summed E-state index contributed by atoms with van der Waals surface area (Å²) in [6.45, 7) is 10.4. The summed E-state index contributed by atoms with van der Waals surface area (Å²) in [6, 6.07) is 0. The number of aromatic nitrogens is 1. The molecule has 0 aromatic carbocycles. The molecule has 192 valence electrons. The van der Waals surface area contributed by atoms with Crippen molar-refractivity contribution in [3.8, 4) is 0 Å². The van der Waals surface area contributed by atoms with Crippen molar-refractivity contribution in [2.24, 2.45) is 17.3 Å². The largest absolute Gasteiger partial charge is 0.481 e. The van der Waals surface area contributed by atoms with Crippen LogP contribution in [0.5, 0.6) is 0 Å². The number of allylic oxidation sites excluding steroid dienone is 1. The van der Waals surface area contributed by atoms with Gasteiger partial charge in [0.05, 0.1) is 40.8 Å². The third kappa shape index (κ3) is 9.41. The van der Waals surface area contributed by atoms with Crippen LogP contribution in [0.3, 0.4) is 0 Å². The summed E-state index contributed by atoms with van der Waals surface area (Å²) in [5.41, 5.74) is 0.470. The zero-order chi connectivity index (χ0) is 26.1. The van der Waals surface area contributed by atoms with E-state index in [2.05, 4.69) is 4.98 Å². The van der Waals surface area contributed by atoms with Gasteiger partial charge in [-0.25, -0.2) is 4.98 Å². The maximum Gasteiger partial charge on any atom is 0.306 e. The fraction of sp³-hybridized carbons (Fsp3) is 0.654. The number of carboxylic acids is 1. The van der Waals surface area contributed by atoms with Gasteiger partial charge in [-0.05, 0) is 57.1 Å². The van der Waals surface area contributed by atoms with E-state index in [1.165, 1.54) is 13.8 Å². The summed E-state index contributed by atoms with van der Waals surface area (Å²) in [5, 5.41) is 43.0. The molecule has 1 heterocycles. The first kappa shape index (κ1) is 30.2. The lowest BCUT2D eigenvalue weighted by molar-refractivity contribution is -0.147. The summed E-state index contributed by atoms with van der Waals surface area (Å²) >= 11 is 1.58. The molecule has 0 aliphatic heterocycles. The molecule has 0 spiro atoms. The van der Waals surface area contributed by atoms with Gasteiger partial charge in [0.15, 0.2) is 0 Å². The van der Waals surface area contributed by atoms with E-state index in [1.807, 2.05) is 44.4 Å². The van der Waals surface area contributed by atoms with E-state index in [1.54, 1.807) is 18.3 Å². The molecule has 0 amide bonds. The van der Waals surface area contributed by atoms with Gasteiger partial charge < -0.3 is 20.4 Å². The molecule has 5 atom stereocenters. The van der Waals surface area contributed by atoms with Gasteiger partial charge in [-0.3, -0.25) is 9.59 Å². The van der Waals surface area contributed by atoms with Crippen LogP contribution in [-0.2, 0) is 9.59 Å². The molecule has 1 unspecified atom stereocenters. The molecule has 0 bridgehead atoms. The van der Waals surface area contributed by atoms with E-state index in [4.69, 9.17) is 5.11 Å². The predicted molar refractivity (Wildman–Crippen MR) is 135 cm³/mol. The number of thiazole rings is 1. The van der Waals surface area contributed by atoms with Crippen LogP contribution in [0.4, 0.5) is 0 Å². The Balaban J connectivity index is 2.45. The van der Waals surface area contributed by atoms with E-state index in [9.17, 15) is 24.9 Å². The molecule has 0 aliphatic rings. The minimum atomic E-state index is -1.31. The Morgan fingerprint density at radius 3 is 2.38 bits per heavy atom. The van der Waals surface area contributed by atoms with Gasteiger partial charge in [0.2, 0.25) is 0 Å². The summed E-state index contributed by atoms with van der Waals surface area (Å²) in [7, 11) is 0. The lowest BCUT2D eigenvalue weighted by Gasteiger charge is -2.34. The number of carbonyl (C=O) groups is 2. The second-order valence-corrected chi connectivity index (χ2v) is 10.9. The number of rotatable bonds is 15. The Morgan fingerprint density at radius 1 is 1.18 bits per heavy atom. The summed E-state index contributed by atoms with van der Waals surface area (Å²) in [4.78, 5) is 28.1. The highest BCUT2D eigenvalue weighted by atomic mass is 32.1. The molecular formula is C26H41NO6S. The molecule has 1 rings (SSSR count). The number of carboxylic acid groups (broad SMARTS) is 1.